The van der Waals surface area contributed by atoms with Crippen molar-refractivity contribution in [2.45, 2.75) is 44.2 Å². The van der Waals surface area contributed by atoms with Gasteiger partial charge in [0.1, 0.15) is 18.3 Å². The maximum Gasteiger partial charge on any atom is 0.333 e. The Balaban J connectivity index is 1.71. The van der Waals surface area contributed by atoms with E-state index in [9.17, 15) is 13.2 Å². The van der Waals surface area contributed by atoms with Crippen molar-refractivity contribution in [1.29, 1.82) is 0 Å². The SMILES string of the molecule is CC1(C)O[C@@H]2[C@@H](O1)[C@@H](COS(N)(=O)=O)O[C@H]2n1cnc2c(=O)[nH]c(N)nc21. The monoisotopic (exact) mass is 402 g/mol. The van der Waals surface area contributed by atoms with Crippen molar-refractivity contribution in [3.05, 3.63) is 16.7 Å². The fraction of sp³-hybridized carbons (Fsp3) is 0.615. The molecule has 13 nitrogen and oxygen atoms in total. The Labute approximate surface area is 152 Å². The van der Waals surface area contributed by atoms with Gasteiger partial charge >= 0.3 is 10.3 Å². The number of aromatic nitrogens is 4. The lowest BCUT2D eigenvalue weighted by molar-refractivity contribution is -0.198. The van der Waals surface area contributed by atoms with Gasteiger partial charge in [0, 0.05) is 0 Å². The van der Waals surface area contributed by atoms with Crippen LogP contribution in [0.3, 0.4) is 0 Å². The van der Waals surface area contributed by atoms with E-state index in [1.807, 2.05) is 0 Å². The molecule has 0 aromatic carbocycles. The minimum absolute atomic E-state index is 0.0757. The predicted octanol–water partition coefficient (Wildman–Crippen LogP) is -1.66. The summed E-state index contributed by atoms with van der Waals surface area (Å²) in [6.07, 6.45) is -1.50. The van der Waals surface area contributed by atoms with Gasteiger partial charge in [-0.2, -0.15) is 13.4 Å². The fourth-order valence-electron chi connectivity index (χ4n) is 3.31. The Morgan fingerprint density at radius 2 is 2.07 bits per heavy atom. The number of anilines is 1. The van der Waals surface area contributed by atoms with E-state index in [1.165, 1.54) is 10.9 Å². The summed E-state index contributed by atoms with van der Waals surface area (Å²) < 4.78 is 46.0. The molecule has 2 aliphatic rings. The molecule has 4 heterocycles. The number of nitrogens with two attached hydrogens (primary N) is 2. The van der Waals surface area contributed by atoms with E-state index in [1.54, 1.807) is 13.8 Å². The van der Waals surface area contributed by atoms with Gasteiger partial charge < -0.3 is 19.9 Å². The number of nitrogen functional groups attached to an aromatic ring is 1. The van der Waals surface area contributed by atoms with Gasteiger partial charge in [0.15, 0.2) is 23.2 Å². The number of ether oxygens (including phenoxy) is 3. The van der Waals surface area contributed by atoms with Crippen molar-refractivity contribution >= 4 is 27.4 Å². The van der Waals surface area contributed by atoms with Crippen molar-refractivity contribution in [3.8, 4) is 0 Å². The quantitative estimate of drug-likeness (QED) is 0.534. The summed E-state index contributed by atoms with van der Waals surface area (Å²) in [6, 6.07) is 0. The van der Waals surface area contributed by atoms with Gasteiger partial charge in [-0.3, -0.25) is 18.5 Å². The lowest BCUT2D eigenvalue weighted by Crippen LogP contribution is -2.34. The van der Waals surface area contributed by atoms with Gasteiger partial charge in [0.05, 0.1) is 12.9 Å². The van der Waals surface area contributed by atoms with Crippen LogP contribution in [0.15, 0.2) is 11.1 Å². The highest BCUT2D eigenvalue weighted by molar-refractivity contribution is 7.84. The molecule has 0 saturated carbocycles. The van der Waals surface area contributed by atoms with Crippen LogP contribution >= 0.6 is 0 Å². The molecule has 2 aliphatic heterocycles. The summed E-state index contributed by atoms with van der Waals surface area (Å²) in [6.45, 7) is 3.07. The minimum Gasteiger partial charge on any atom is -0.369 e. The maximum absolute atomic E-state index is 12.0. The van der Waals surface area contributed by atoms with Crippen LogP contribution in [-0.4, -0.2) is 58.6 Å². The predicted molar refractivity (Wildman–Crippen MR) is 89.4 cm³/mol. The highest BCUT2D eigenvalue weighted by Gasteiger charge is 2.56. The number of nitrogens with one attached hydrogen (secondary N) is 1. The third kappa shape index (κ3) is 3.30. The first-order valence-corrected chi connectivity index (χ1v) is 9.42. The van der Waals surface area contributed by atoms with E-state index in [0.717, 1.165) is 0 Å². The summed E-state index contributed by atoms with van der Waals surface area (Å²) in [5, 5.41) is 4.89. The van der Waals surface area contributed by atoms with Crippen molar-refractivity contribution in [1.82, 2.24) is 19.5 Å². The zero-order valence-corrected chi connectivity index (χ0v) is 15.2. The first-order chi connectivity index (χ1) is 12.5. The molecular weight excluding hydrogens is 384 g/mol. The normalized spacial score (nSPS) is 30.0. The molecule has 0 unspecified atom stereocenters. The van der Waals surface area contributed by atoms with Crippen LogP contribution in [0.1, 0.15) is 20.1 Å². The standard InChI is InChI=1S/C13H18N6O7S/c1-13(2)25-7-5(3-23-27(15,21)22)24-11(8(7)26-13)19-4-16-6-9(19)17-12(14)18-10(6)20/h4-5,7-8,11H,3H2,1-2H3,(H2,15,21,22)(H3,14,17,18,20)/t5-,7+,8-,11-/m1/s1. The molecule has 5 N–H and O–H groups in total. The second-order valence-corrected chi connectivity index (χ2v) is 7.90. The van der Waals surface area contributed by atoms with Crippen molar-refractivity contribution in [3.63, 3.8) is 0 Å². The van der Waals surface area contributed by atoms with Crippen molar-refractivity contribution < 1.29 is 26.8 Å². The lowest BCUT2D eigenvalue weighted by atomic mass is 10.1. The fourth-order valence-corrected chi connectivity index (χ4v) is 3.63. The van der Waals surface area contributed by atoms with Crippen molar-refractivity contribution in [2.75, 3.05) is 12.3 Å². The molecule has 0 aliphatic carbocycles. The van der Waals surface area contributed by atoms with Crippen LogP contribution in [0.4, 0.5) is 5.95 Å². The molecule has 2 aromatic heterocycles. The number of rotatable bonds is 4. The van der Waals surface area contributed by atoms with Crippen LogP contribution in [0.2, 0.25) is 0 Å². The molecule has 27 heavy (non-hydrogen) atoms. The summed E-state index contributed by atoms with van der Waals surface area (Å²) in [4.78, 5) is 22.5. The second kappa shape index (κ2) is 5.95. The molecule has 0 radical (unpaired) electrons. The Morgan fingerprint density at radius 1 is 1.37 bits per heavy atom. The molecule has 148 valence electrons. The number of aromatic amines is 1. The van der Waals surface area contributed by atoms with Gasteiger partial charge in [0.25, 0.3) is 5.56 Å². The highest BCUT2D eigenvalue weighted by atomic mass is 32.2. The number of nitrogens with zero attached hydrogens (tertiary/aromatic N) is 3. The molecule has 4 rings (SSSR count). The third-order valence-corrected chi connectivity index (χ3v) is 4.71. The summed E-state index contributed by atoms with van der Waals surface area (Å²) >= 11 is 0. The number of hydrogen-bond donors (Lipinski definition) is 3. The molecule has 0 bridgehead atoms. The largest absolute Gasteiger partial charge is 0.369 e. The molecule has 2 fully saturated rings. The first kappa shape index (κ1) is 18.3. The van der Waals surface area contributed by atoms with Crippen LogP contribution in [-0.2, 0) is 28.7 Å². The van der Waals surface area contributed by atoms with E-state index in [2.05, 4.69) is 19.1 Å². The first-order valence-electron chi connectivity index (χ1n) is 7.95. The number of hydrogen-bond acceptors (Lipinski definition) is 10. The number of fused-ring (bicyclic) bond motifs is 2. The Bertz CT molecular complexity index is 1050. The van der Waals surface area contributed by atoms with Gasteiger partial charge in [-0.1, -0.05) is 0 Å². The van der Waals surface area contributed by atoms with Crippen LogP contribution in [0, 0.1) is 0 Å². The van der Waals surface area contributed by atoms with Crippen LogP contribution in [0.5, 0.6) is 0 Å². The smallest absolute Gasteiger partial charge is 0.333 e. The average molecular weight is 402 g/mol. The summed E-state index contributed by atoms with van der Waals surface area (Å²) in [5.74, 6) is -1.01. The van der Waals surface area contributed by atoms with Gasteiger partial charge in [0.2, 0.25) is 5.95 Å². The van der Waals surface area contributed by atoms with Gasteiger partial charge in [-0.25, -0.2) is 10.1 Å². The van der Waals surface area contributed by atoms with Gasteiger partial charge in [-0.05, 0) is 13.8 Å². The van der Waals surface area contributed by atoms with E-state index in [0.29, 0.717) is 0 Å². The highest BCUT2D eigenvalue weighted by Crippen LogP contribution is 2.43. The zero-order chi connectivity index (χ0) is 19.6. The Kier molecular flexibility index (Phi) is 4.03. The second-order valence-electron chi connectivity index (χ2n) is 6.68. The lowest BCUT2D eigenvalue weighted by Gasteiger charge is -2.24. The Morgan fingerprint density at radius 3 is 2.78 bits per heavy atom. The molecule has 2 saturated heterocycles. The van der Waals surface area contributed by atoms with Crippen LogP contribution in [0.25, 0.3) is 11.2 Å². The molecule has 2 aromatic rings. The molecule has 14 heteroatoms. The van der Waals surface area contributed by atoms with E-state index >= 15 is 0 Å². The number of imidazole rings is 1. The molecular formula is C13H18N6O7S. The number of H-pyrrole nitrogens is 1. The zero-order valence-electron chi connectivity index (χ0n) is 14.4. The van der Waals surface area contributed by atoms with E-state index < -0.39 is 46.2 Å². The van der Waals surface area contributed by atoms with Crippen molar-refractivity contribution in [2.24, 2.45) is 5.14 Å². The molecule has 0 amide bonds. The van der Waals surface area contributed by atoms with E-state index in [-0.39, 0.29) is 23.7 Å². The average Bonchev–Trinajstić information content (AvgIpc) is 3.15. The maximum atomic E-state index is 12.0. The van der Waals surface area contributed by atoms with Crippen LogP contribution < -0.4 is 16.4 Å². The summed E-state index contributed by atoms with van der Waals surface area (Å²) in [7, 11) is -4.16. The molecule has 0 spiro atoms. The molecule has 4 atom stereocenters. The van der Waals surface area contributed by atoms with E-state index in [4.69, 9.17) is 25.1 Å². The topological polar surface area (TPSA) is 187 Å². The summed E-state index contributed by atoms with van der Waals surface area (Å²) in [5.41, 5.74) is 5.39. The third-order valence-electron chi connectivity index (χ3n) is 4.25. The Hall–Kier alpha value is -2.10. The minimum atomic E-state index is -4.16. The van der Waals surface area contributed by atoms with Gasteiger partial charge in [-0.15, -0.1) is 0 Å².